The third-order valence-electron chi connectivity index (χ3n) is 2.27. The van der Waals surface area contributed by atoms with E-state index in [-0.39, 0.29) is 11.1 Å². The summed E-state index contributed by atoms with van der Waals surface area (Å²) >= 11 is 3.27. The first kappa shape index (κ1) is 10.4. The molecule has 0 saturated carbocycles. The zero-order valence-corrected chi connectivity index (χ0v) is 9.53. The molecule has 0 radical (unpaired) electrons. The van der Waals surface area contributed by atoms with Crippen LogP contribution in [0.25, 0.3) is 0 Å². The predicted molar refractivity (Wildman–Crippen MR) is 57.5 cm³/mol. The summed E-state index contributed by atoms with van der Waals surface area (Å²) in [7, 11) is 0. The fraction of sp³-hybridized carbons (Fsp3) is 0.400. The lowest BCUT2D eigenvalue weighted by Crippen LogP contribution is -2.22. The zero-order chi connectivity index (χ0) is 10.8. The number of aryl methyl sites for hydroxylation is 1. The summed E-state index contributed by atoms with van der Waals surface area (Å²) in [6.07, 6.45) is 2.81. The Morgan fingerprint density at radius 3 is 3.07 bits per heavy atom. The van der Waals surface area contributed by atoms with Crippen molar-refractivity contribution in [1.82, 2.24) is 4.57 Å². The third kappa shape index (κ3) is 2.46. The molecule has 0 bridgehead atoms. The van der Waals surface area contributed by atoms with Crippen LogP contribution in [0.3, 0.4) is 0 Å². The number of rotatable bonds is 3. The molecule has 4 nitrogen and oxygen atoms in total. The van der Waals surface area contributed by atoms with Gasteiger partial charge in [0, 0.05) is 17.2 Å². The van der Waals surface area contributed by atoms with Crippen molar-refractivity contribution in [1.29, 1.82) is 5.26 Å². The van der Waals surface area contributed by atoms with Crippen molar-refractivity contribution in [3.63, 3.8) is 0 Å². The average molecular weight is 269 g/mol. The number of nitrogens with zero attached hydrogens (tertiary/aromatic N) is 2. The molecular weight excluding hydrogens is 260 g/mol. The van der Waals surface area contributed by atoms with Crippen molar-refractivity contribution in [2.24, 2.45) is 0 Å². The topological polar surface area (TPSA) is 58.3 Å². The molecule has 15 heavy (non-hydrogen) atoms. The van der Waals surface area contributed by atoms with Gasteiger partial charge in [0.05, 0.1) is 12.7 Å². The molecular formula is C10H9BrN2O2. The Bertz CT molecular complexity index is 471. The van der Waals surface area contributed by atoms with Gasteiger partial charge in [0.25, 0.3) is 5.56 Å². The molecule has 1 aliphatic heterocycles. The molecule has 1 aromatic rings. The number of pyridine rings is 1. The maximum absolute atomic E-state index is 11.7. The fourth-order valence-corrected chi connectivity index (χ4v) is 1.84. The van der Waals surface area contributed by atoms with E-state index in [0.29, 0.717) is 12.6 Å². The van der Waals surface area contributed by atoms with E-state index in [0.717, 1.165) is 17.5 Å². The van der Waals surface area contributed by atoms with Crippen molar-refractivity contribution in [2.45, 2.75) is 19.1 Å². The second-order valence-electron chi connectivity index (χ2n) is 3.43. The van der Waals surface area contributed by atoms with E-state index in [1.165, 1.54) is 6.07 Å². The van der Waals surface area contributed by atoms with Gasteiger partial charge in [-0.05, 0) is 28.4 Å². The molecule has 0 N–H and O–H groups in total. The van der Waals surface area contributed by atoms with Gasteiger partial charge in [0.1, 0.15) is 11.6 Å². The van der Waals surface area contributed by atoms with Crippen LogP contribution in [0.4, 0.5) is 0 Å². The molecule has 0 aliphatic carbocycles. The van der Waals surface area contributed by atoms with Crippen LogP contribution in [0.1, 0.15) is 12.0 Å². The van der Waals surface area contributed by atoms with Crippen LogP contribution in [0.5, 0.6) is 0 Å². The monoisotopic (exact) mass is 268 g/mol. The Hall–Kier alpha value is -1.12. The van der Waals surface area contributed by atoms with Crippen LogP contribution in [0.15, 0.2) is 21.5 Å². The Labute approximate surface area is 95.2 Å². The van der Waals surface area contributed by atoms with Crippen LogP contribution >= 0.6 is 15.9 Å². The maximum Gasteiger partial charge on any atom is 0.268 e. The Morgan fingerprint density at radius 2 is 2.47 bits per heavy atom. The van der Waals surface area contributed by atoms with E-state index in [1.54, 1.807) is 10.8 Å². The molecule has 1 saturated heterocycles. The number of halogens is 1. The summed E-state index contributed by atoms with van der Waals surface area (Å²) in [5.41, 5.74) is -0.0672. The van der Waals surface area contributed by atoms with Gasteiger partial charge < -0.3 is 9.30 Å². The van der Waals surface area contributed by atoms with Crippen LogP contribution in [0, 0.1) is 11.3 Å². The molecule has 0 amide bonds. The second-order valence-corrected chi connectivity index (χ2v) is 4.34. The van der Waals surface area contributed by atoms with E-state index in [2.05, 4.69) is 15.9 Å². The second kappa shape index (κ2) is 4.17. The first-order valence-corrected chi connectivity index (χ1v) is 5.41. The SMILES string of the molecule is N#Cc1cc(Br)cn(CCC2CO2)c1=O. The van der Waals surface area contributed by atoms with Gasteiger partial charge in [-0.3, -0.25) is 4.79 Å². The molecule has 2 rings (SSSR count). The van der Waals surface area contributed by atoms with Gasteiger partial charge in [-0.2, -0.15) is 5.26 Å². The van der Waals surface area contributed by atoms with Gasteiger partial charge in [-0.15, -0.1) is 0 Å². The molecule has 1 aliphatic rings. The van der Waals surface area contributed by atoms with E-state index in [9.17, 15) is 4.79 Å². The lowest BCUT2D eigenvalue weighted by atomic mass is 10.3. The molecule has 1 fully saturated rings. The van der Waals surface area contributed by atoms with E-state index < -0.39 is 0 Å². The molecule has 78 valence electrons. The van der Waals surface area contributed by atoms with E-state index >= 15 is 0 Å². The largest absolute Gasteiger partial charge is 0.373 e. The smallest absolute Gasteiger partial charge is 0.268 e. The Morgan fingerprint density at radius 1 is 1.73 bits per heavy atom. The minimum atomic E-state index is -0.235. The quantitative estimate of drug-likeness (QED) is 0.776. The van der Waals surface area contributed by atoms with Crippen molar-refractivity contribution >= 4 is 15.9 Å². The highest BCUT2D eigenvalue weighted by molar-refractivity contribution is 9.10. The molecule has 2 heterocycles. The lowest BCUT2D eigenvalue weighted by molar-refractivity contribution is 0.383. The Kier molecular flexibility index (Phi) is 2.89. The van der Waals surface area contributed by atoms with Gasteiger partial charge in [0.2, 0.25) is 0 Å². The number of aromatic nitrogens is 1. The van der Waals surface area contributed by atoms with Crippen molar-refractivity contribution in [3.05, 3.63) is 32.7 Å². The summed E-state index contributed by atoms with van der Waals surface area (Å²) < 4.78 is 7.36. The van der Waals surface area contributed by atoms with Gasteiger partial charge in [-0.25, -0.2) is 0 Å². The van der Waals surface area contributed by atoms with Gasteiger partial charge >= 0.3 is 0 Å². The number of hydrogen-bond donors (Lipinski definition) is 0. The summed E-state index contributed by atoms with van der Waals surface area (Å²) in [5.74, 6) is 0. The molecule has 1 atom stereocenters. The van der Waals surface area contributed by atoms with Crippen LogP contribution < -0.4 is 5.56 Å². The first-order chi connectivity index (χ1) is 7.20. The highest BCUT2D eigenvalue weighted by atomic mass is 79.9. The average Bonchev–Trinajstić information content (AvgIpc) is 3.02. The van der Waals surface area contributed by atoms with Gasteiger partial charge in [-0.1, -0.05) is 0 Å². The number of nitriles is 1. The Balaban J connectivity index is 2.24. The standard InChI is InChI=1S/C10H9BrN2O2/c11-8-3-7(4-12)10(14)13(5-8)2-1-9-6-15-9/h3,5,9H,1-2,6H2. The minimum Gasteiger partial charge on any atom is -0.373 e. The number of hydrogen-bond acceptors (Lipinski definition) is 3. The van der Waals surface area contributed by atoms with Crippen molar-refractivity contribution < 1.29 is 4.74 Å². The van der Waals surface area contributed by atoms with Crippen molar-refractivity contribution in [2.75, 3.05) is 6.61 Å². The van der Waals surface area contributed by atoms with E-state index in [1.807, 2.05) is 6.07 Å². The van der Waals surface area contributed by atoms with Crippen LogP contribution in [-0.4, -0.2) is 17.3 Å². The third-order valence-corrected chi connectivity index (χ3v) is 2.70. The molecule has 0 spiro atoms. The number of epoxide rings is 1. The summed E-state index contributed by atoms with van der Waals surface area (Å²) in [4.78, 5) is 11.7. The fourth-order valence-electron chi connectivity index (χ4n) is 1.36. The minimum absolute atomic E-state index is 0.168. The molecule has 0 aromatic carbocycles. The number of ether oxygens (including phenoxy) is 1. The van der Waals surface area contributed by atoms with Gasteiger partial charge in [0.15, 0.2) is 0 Å². The molecule has 5 heteroatoms. The first-order valence-electron chi connectivity index (χ1n) is 4.62. The lowest BCUT2D eigenvalue weighted by Gasteiger charge is -2.05. The molecule has 1 aromatic heterocycles. The predicted octanol–water partition coefficient (Wildman–Crippen LogP) is 1.27. The molecule has 1 unspecified atom stereocenters. The zero-order valence-electron chi connectivity index (χ0n) is 7.94. The summed E-state index contributed by atoms with van der Waals surface area (Å²) in [6, 6.07) is 3.42. The van der Waals surface area contributed by atoms with Crippen LogP contribution in [0.2, 0.25) is 0 Å². The van der Waals surface area contributed by atoms with Crippen molar-refractivity contribution in [3.8, 4) is 6.07 Å². The van der Waals surface area contributed by atoms with Crippen LogP contribution in [-0.2, 0) is 11.3 Å². The van der Waals surface area contributed by atoms with E-state index in [4.69, 9.17) is 10.00 Å². The normalized spacial score (nSPS) is 18.5. The summed E-state index contributed by atoms with van der Waals surface area (Å²) in [6.45, 7) is 1.38. The highest BCUT2D eigenvalue weighted by Gasteiger charge is 2.22. The summed E-state index contributed by atoms with van der Waals surface area (Å²) in [5, 5.41) is 8.75. The maximum atomic E-state index is 11.7. The highest BCUT2D eigenvalue weighted by Crippen LogP contribution is 2.15.